The smallest absolute Gasteiger partial charge is 0.317 e. The molecule has 1 saturated heterocycles. The van der Waals surface area contributed by atoms with Gasteiger partial charge in [0.15, 0.2) is 0 Å². The number of nitrogens with one attached hydrogen (secondary N) is 2. The van der Waals surface area contributed by atoms with E-state index in [0.29, 0.717) is 13.1 Å². The zero-order valence-electron chi connectivity index (χ0n) is 14.8. The van der Waals surface area contributed by atoms with Gasteiger partial charge < -0.3 is 25.4 Å². The normalized spacial score (nSPS) is 19.6. The van der Waals surface area contributed by atoms with Gasteiger partial charge in [0.25, 0.3) is 0 Å². The molecule has 1 fully saturated rings. The highest BCUT2D eigenvalue weighted by Crippen LogP contribution is 2.20. The standard InChI is InChI=1S/C18H27N3O4/c1-19-17(23)10-14-11-21(12-16(14)22)18(24)20-8-4-6-13-5-3-7-15(9-13)25-2/h3,5,7,9,14,16,22H,4,6,8,10-12H2,1-2H3,(H,19,23)(H,20,24)/t14-,16-/m1/s1. The Hall–Kier alpha value is -2.28. The number of benzene rings is 1. The molecule has 1 aliphatic rings. The molecule has 0 unspecified atom stereocenters. The monoisotopic (exact) mass is 349 g/mol. The van der Waals surface area contributed by atoms with E-state index >= 15 is 0 Å². The Labute approximate surface area is 148 Å². The Morgan fingerprint density at radius 3 is 2.88 bits per heavy atom. The van der Waals surface area contributed by atoms with Gasteiger partial charge in [-0.1, -0.05) is 12.1 Å². The minimum atomic E-state index is -0.653. The van der Waals surface area contributed by atoms with Crippen molar-refractivity contribution in [3.63, 3.8) is 0 Å². The van der Waals surface area contributed by atoms with Crippen LogP contribution in [0.4, 0.5) is 4.79 Å². The van der Waals surface area contributed by atoms with Crippen molar-refractivity contribution >= 4 is 11.9 Å². The number of amides is 3. The third-order valence-corrected chi connectivity index (χ3v) is 4.47. The largest absolute Gasteiger partial charge is 0.497 e. The molecular weight excluding hydrogens is 322 g/mol. The first-order valence-corrected chi connectivity index (χ1v) is 8.57. The second-order valence-corrected chi connectivity index (χ2v) is 6.30. The van der Waals surface area contributed by atoms with Crippen LogP contribution in [0.15, 0.2) is 24.3 Å². The average Bonchev–Trinajstić information content (AvgIpc) is 2.99. The molecule has 1 aliphatic heterocycles. The van der Waals surface area contributed by atoms with Crippen LogP contribution in [0.1, 0.15) is 18.4 Å². The van der Waals surface area contributed by atoms with Crippen LogP contribution in [-0.2, 0) is 11.2 Å². The molecule has 3 amide bonds. The highest BCUT2D eigenvalue weighted by atomic mass is 16.5. The van der Waals surface area contributed by atoms with E-state index in [4.69, 9.17) is 4.74 Å². The van der Waals surface area contributed by atoms with Crippen molar-refractivity contribution in [2.45, 2.75) is 25.4 Å². The summed E-state index contributed by atoms with van der Waals surface area (Å²) < 4.78 is 5.19. The number of carbonyl (C=O) groups is 2. The van der Waals surface area contributed by atoms with Gasteiger partial charge in [-0.2, -0.15) is 0 Å². The van der Waals surface area contributed by atoms with Gasteiger partial charge in [0.2, 0.25) is 5.91 Å². The van der Waals surface area contributed by atoms with Crippen LogP contribution in [0.25, 0.3) is 0 Å². The fourth-order valence-corrected chi connectivity index (χ4v) is 2.99. The van der Waals surface area contributed by atoms with Crippen LogP contribution in [0.5, 0.6) is 5.75 Å². The second-order valence-electron chi connectivity index (χ2n) is 6.30. The maximum absolute atomic E-state index is 12.2. The van der Waals surface area contributed by atoms with Crippen LogP contribution in [0.3, 0.4) is 0 Å². The first-order chi connectivity index (χ1) is 12.0. The van der Waals surface area contributed by atoms with Crippen LogP contribution in [-0.4, -0.2) is 61.8 Å². The molecule has 0 aromatic heterocycles. The lowest BCUT2D eigenvalue weighted by atomic mass is 10.0. The molecule has 0 saturated carbocycles. The van der Waals surface area contributed by atoms with Crippen LogP contribution in [0.2, 0.25) is 0 Å². The Morgan fingerprint density at radius 2 is 2.16 bits per heavy atom. The Morgan fingerprint density at radius 1 is 1.36 bits per heavy atom. The van der Waals surface area contributed by atoms with Gasteiger partial charge in [-0.25, -0.2) is 4.79 Å². The third kappa shape index (κ3) is 5.63. The lowest BCUT2D eigenvalue weighted by Gasteiger charge is -2.17. The maximum Gasteiger partial charge on any atom is 0.317 e. The highest BCUT2D eigenvalue weighted by molar-refractivity contribution is 5.77. The van der Waals surface area contributed by atoms with Gasteiger partial charge in [0.1, 0.15) is 5.75 Å². The molecule has 2 atom stereocenters. The summed E-state index contributed by atoms with van der Waals surface area (Å²) >= 11 is 0. The topological polar surface area (TPSA) is 90.9 Å². The number of urea groups is 1. The van der Waals surface area contributed by atoms with Crippen LogP contribution in [0, 0.1) is 5.92 Å². The number of hydrogen-bond acceptors (Lipinski definition) is 4. The van der Waals surface area contributed by atoms with Gasteiger partial charge in [0, 0.05) is 39.0 Å². The number of ether oxygens (including phenoxy) is 1. The van der Waals surface area contributed by atoms with E-state index in [1.54, 1.807) is 19.1 Å². The van der Waals surface area contributed by atoms with Crippen molar-refractivity contribution in [3.8, 4) is 5.75 Å². The summed E-state index contributed by atoms with van der Waals surface area (Å²) in [6.45, 7) is 1.22. The van der Waals surface area contributed by atoms with Crippen LogP contribution >= 0.6 is 0 Å². The molecular formula is C18H27N3O4. The number of methoxy groups -OCH3 is 1. The minimum absolute atomic E-state index is 0.121. The van der Waals surface area contributed by atoms with Crippen LogP contribution < -0.4 is 15.4 Å². The Bertz CT molecular complexity index is 593. The van der Waals surface area contributed by atoms with Gasteiger partial charge in [-0.05, 0) is 30.5 Å². The van der Waals surface area contributed by atoms with E-state index in [0.717, 1.165) is 24.2 Å². The number of carbonyl (C=O) groups excluding carboxylic acids is 2. The molecule has 1 aromatic rings. The maximum atomic E-state index is 12.2. The molecule has 3 N–H and O–H groups in total. The lowest BCUT2D eigenvalue weighted by molar-refractivity contribution is -0.122. The van der Waals surface area contributed by atoms with Gasteiger partial charge >= 0.3 is 6.03 Å². The predicted octanol–water partition coefficient (Wildman–Crippen LogP) is 0.766. The summed E-state index contributed by atoms with van der Waals surface area (Å²) in [5, 5.41) is 15.4. The second kappa shape index (κ2) is 9.27. The molecule has 0 radical (unpaired) electrons. The summed E-state index contributed by atoms with van der Waals surface area (Å²) in [5.74, 6) is 0.502. The minimum Gasteiger partial charge on any atom is -0.497 e. The van der Waals surface area contributed by atoms with Crippen molar-refractivity contribution in [1.82, 2.24) is 15.5 Å². The first kappa shape index (κ1) is 19.1. The third-order valence-electron chi connectivity index (χ3n) is 4.47. The van der Waals surface area contributed by atoms with Crippen molar-refractivity contribution in [2.75, 3.05) is 33.8 Å². The zero-order valence-corrected chi connectivity index (χ0v) is 14.8. The van der Waals surface area contributed by atoms with Crippen molar-refractivity contribution in [2.24, 2.45) is 5.92 Å². The molecule has 1 heterocycles. The highest BCUT2D eigenvalue weighted by Gasteiger charge is 2.34. The first-order valence-electron chi connectivity index (χ1n) is 8.57. The predicted molar refractivity (Wildman–Crippen MR) is 94.5 cm³/mol. The van der Waals surface area contributed by atoms with Gasteiger partial charge in [-0.15, -0.1) is 0 Å². The molecule has 138 valence electrons. The van der Waals surface area contributed by atoms with Gasteiger partial charge in [-0.3, -0.25) is 4.79 Å². The summed E-state index contributed by atoms with van der Waals surface area (Å²) in [6, 6.07) is 7.68. The Balaban J connectivity index is 1.71. The molecule has 2 rings (SSSR count). The molecule has 1 aromatic carbocycles. The van der Waals surface area contributed by atoms with Crippen molar-refractivity contribution in [1.29, 1.82) is 0 Å². The van der Waals surface area contributed by atoms with E-state index in [1.807, 2.05) is 24.3 Å². The number of aliphatic hydroxyl groups excluding tert-OH is 1. The molecule has 0 spiro atoms. The summed E-state index contributed by atoms with van der Waals surface area (Å²) in [6.07, 6.45) is 1.24. The number of nitrogens with zero attached hydrogens (tertiary/aromatic N) is 1. The van der Waals surface area contributed by atoms with E-state index in [9.17, 15) is 14.7 Å². The molecule has 7 nitrogen and oxygen atoms in total. The fourth-order valence-electron chi connectivity index (χ4n) is 2.99. The van der Waals surface area contributed by atoms with Crippen molar-refractivity contribution in [3.05, 3.63) is 29.8 Å². The van der Waals surface area contributed by atoms with E-state index in [2.05, 4.69) is 10.6 Å². The number of likely N-dealkylation sites (tertiary alicyclic amines) is 1. The molecule has 0 bridgehead atoms. The molecule has 0 aliphatic carbocycles. The number of aliphatic hydroxyl groups is 1. The van der Waals surface area contributed by atoms with Gasteiger partial charge in [0.05, 0.1) is 13.2 Å². The van der Waals surface area contributed by atoms with E-state index < -0.39 is 6.10 Å². The summed E-state index contributed by atoms with van der Waals surface area (Å²) in [4.78, 5) is 25.2. The lowest BCUT2D eigenvalue weighted by Crippen LogP contribution is -2.39. The summed E-state index contributed by atoms with van der Waals surface area (Å²) in [5.41, 5.74) is 1.16. The zero-order chi connectivity index (χ0) is 18.2. The number of β-amino-alcohol motifs (C(OH)–C–C–N with tert-alkyl or cyclic N) is 1. The quantitative estimate of drug-likeness (QED) is 0.634. The number of rotatable bonds is 7. The Kier molecular flexibility index (Phi) is 7.06. The fraction of sp³-hybridized carbons (Fsp3) is 0.556. The van der Waals surface area contributed by atoms with E-state index in [-0.39, 0.29) is 30.8 Å². The van der Waals surface area contributed by atoms with E-state index in [1.165, 1.54) is 0 Å². The number of aryl methyl sites for hydroxylation is 1. The molecule has 25 heavy (non-hydrogen) atoms. The summed E-state index contributed by atoms with van der Waals surface area (Å²) in [7, 11) is 3.21. The van der Waals surface area contributed by atoms with Crippen molar-refractivity contribution < 1.29 is 19.4 Å². The SMILES string of the molecule is CNC(=O)C[C@@H]1CN(C(=O)NCCCc2cccc(OC)c2)C[C@H]1O. The average molecular weight is 349 g/mol. The molecule has 7 heteroatoms. The number of hydrogen-bond donors (Lipinski definition) is 3.